The zero-order valence-corrected chi connectivity index (χ0v) is 15.3. The van der Waals surface area contributed by atoms with Gasteiger partial charge < -0.3 is 4.74 Å². The number of pyridine rings is 1. The highest BCUT2D eigenvalue weighted by atomic mass is 35.5. The molecule has 0 bridgehead atoms. The molecule has 0 N–H and O–H groups in total. The largest absolute Gasteiger partial charge is 0.496 e. The van der Waals surface area contributed by atoms with Crippen LogP contribution in [0.2, 0.25) is 5.02 Å². The van der Waals surface area contributed by atoms with E-state index in [9.17, 15) is 4.39 Å². The Bertz CT molecular complexity index is 720. The van der Waals surface area contributed by atoms with Crippen LogP contribution in [0.1, 0.15) is 51.7 Å². The van der Waals surface area contributed by atoms with Crippen LogP contribution in [0.15, 0.2) is 24.4 Å². The van der Waals surface area contributed by atoms with Crippen molar-refractivity contribution in [3.05, 3.63) is 46.4 Å². The molecule has 124 valence electrons. The summed E-state index contributed by atoms with van der Waals surface area (Å²) in [6, 6.07) is 5.19. The first kappa shape index (κ1) is 17.7. The van der Waals surface area contributed by atoms with Gasteiger partial charge in [-0.1, -0.05) is 46.2 Å². The van der Waals surface area contributed by atoms with Crippen molar-refractivity contribution in [1.82, 2.24) is 4.98 Å². The molecule has 1 aromatic carbocycles. The van der Waals surface area contributed by atoms with E-state index in [1.165, 1.54) is 6.07 Å². The Hall–Kier alpha value is -1.61. The maximum absolute atomic E-state index is 14.3. The lowest BCUT2D eigenvalue weighted by molar-refractivity contribution is 0.412. The fourth-order valence-corrected chi connectivity index (χ4v) is 2.75. The van der Waals surface area contributed by atoms with Crippen molar-refractivity contribution >= 4 is 11.6 Å². The smallest absolute Gasteiger partial charge is 0.131 e. The van der Waals surface area contributed by atoms with Gasteiger partial charge in [0.15, 0.2) is 0 Å². The molecule has 0 fully saturated rings. The Kier molecular flexibility index (Phi) is 5.00. The second-order valence-electron chi connectivity index (χ2n) is 7.03. The predicted octanol–water partition coefficient (Wildman–Crippen LogP) is 5.97. The van der Waals surface area contributed by atoms with Crippen LogP contribution in [0, 0.1) is 5.82 Å². The van der Waals surface area contributed by atoms with Crippen LogP contribution in [-0.4, -0.2) is 12.1 Å². The molecule has 0 saturated heterocycles. The van der Waals surface area contributed by atoms with Crippen molar-refractivity contribution in [1.29, 1.82) is 0 Å². The summed E-state index contributed by atoms with van der Waals surface area (Å²) in [5.41, 5.74) is 3.08. The minimum absolute atomic E-state index is 0.0741. The van der Waals surface area contributed by atoms with E-state index in [2.05, 4.69) is 25.8 Å². The van der Waals surface area contributed by atoms with Crippen LogP contribution in [0.25, 0.3) is 11.3 Å². The third-order valence-electron chi connectivity index (χ3n) is 3.86. The van der Waals surface area contributed by atoms with Crippen LogP contribution in [0.3, 0.4) is 0 Å². The van der Waals surface area contributed by atoms with Gasteiger partial charge in [-0.25, -0.2) is 4.39 Å². The molecule has 0 atom stereocenters. The molecule has 2 aromatic rings. The molecule has 0 unspecified atom stereocenters. The van der Waals surface area contributed by atoms with E-state index in [4.69, 9.17) is 16.3 Å². The van der Waals surface area contributed by atoms with Crippen molar-refractivity contribution in [2.45, 2.75) is 46.0 Å². The summed E-state index contributed by atoms with van der Waals surface area (Å²) in [6.45, 7) is 10.2. The first-order chi connectivity index (χ1) is 10.6. The SMILES string of the molecule is COc1cc(F)c(C(C)C)cc1-c1ncc(Cl)cc1C(C)(C)C. The van der Waals surface area contributed by atoms with E-state index in [0.717, 1.165) is 16.8 Å². The number of hydrogen-bond donors (Lipinski definition) is 0. The quantitative estimate of drug-likeness (QED) is 0.689. The Morgan fingerprint density at radius 3 is 2.35 bits per heavy atom. The zero-order valence-electron chi connectivity index (χ0n) is 14.5. The first-order valence-corrected chi connectivity index (χ1v) is 8.06. The van der Waals surface area contributed by atoms with Gasteiger partial charge in [-0.05, 0) is 34.6 Å². The molecule has 0 aliphatic heterocycles. The maximum Gasteiger partial charge on any atom is 0.131 e. The fourth-order valence-electron chi connectivity index (χ4n) is 2.59. The third-order valence-corrected chi connectivity index (χ3v) is 4.06. The lowest BCUT2D eigenvalue weighted by Crippen LogP contribution is -2.14. The Morgan fingerprint density at radius 2 is 1.83 bits per heavy atom. The van der Waals surface area contributed by atoms with Gasteiger partial charge >= 0.3 is 0 Å². The summed E-state index contributed by atoms with van der Waals surface area (Å²) in [5.74, 6) is 0.295. The Labute approximate surface area is 142 Å². The van der Waals surface area contributed by atoms with Gasteiger partial charge in [0.2, 0.25) is 0 Å². The molecule has 2 nitrogen and oxygen atoms in total. The topological polar surface area (TPSA) is 22.1 Å². The molecule has 2 rings (SSSR count). The van der Waals surface area contributed by atoms with Crippen LogP contribution < -0.4 is 4.74 Å². The minimum atomic E-state index is -0.258. The summed E-state index contributed by atoms with van der Waals surface area (Å²) in [4.78, 5) is 4.52. The lowest BCUT2D eigenvalue weighted by Gasteiger charge is -2.24. The predicted molar refractivity (Wildman–Crippen MR) is 94.0 cm³/mol. The molecular weight excluding hydrogens is 313 g/mol. The average molecular weight is 336 g/mol. The van der Waals surface area contributed by atoms with Gasteiger partial charge in [-0.3, -0.25) is 4.98 Å². The van der Waals surface area contributed by atoms with Gasteiger partial charge in [0, 0.05) is 17.8 Å². The second-order valence-corrected chi connectivity index (χ2v) is 7.46. The number of hydrogen-bond acceptors (Lipinski definition) is 2. The van der Waals surface area contributed by atoms with Crippen molar-refractivity contribution in [3.8, 4) is 17.0 Å². The van der Waals surface area contributed by atoms with Gasteiger partial charge in [0.25, 0.3) is 0 Å². The normalized spacial score (nSPS) is 11.9. The van der Waals surface area contributed by atoms with Crippen molar-refractivity contribution < 1.29 is 9.13 Å². The molecular formula is C19H23ClFNO. The van der Waals surface area contributed by atoms with E-state index in [-0.39, 0.29) is 17.2 Å². The number of nitrogens with zero attached hydrogens (tertiary/aromatic N) is 1. The number of rotatable bonds is 3. The van der Waals surface area contributed by atoms with Gasteiger partial charge in [-0.15, -0.1) is 0 Å². The molecule has 23 heavy (non-hydrogen) atoms. The summed E-state index contributed by atoms with van der Waals surface area (Å²) in [7, 11) is 1.54. The molecule has 0 spiro atoms. The fraction of sp³-hybridized carbons (Fsp3) is 0.421. The van der Waals surface area contributed by atoms with Crippen LogP contribution >= 0.6 is 11.6 Å². The third kappa shape index (κ3) is 3.66. The molecule has 4 heteroatoms. The number of aromatic nitrogens is 1. The Morgan fingerprint density at radius 1 is 1.17 bits per heavy atom. The van der Waals surface area contributed by atoms with Crippen LogP contribution in [0.5, 0.6) is 5.75 Å². The zero-order chi connectivity index (χ0) is 17.4. The number of halogens is 2. The highest BCUT2D eigenvalue weighted by molar-refractivity contribution is 6.30. The molecule has 1 heterocycles. The van der Waals surface area contributed by atoms with E-state index in [1.54, 1.807) is 13.3 Å². The van der Waals surface area contributed by atoms with E-state index >= 15 is 0 Å². The average Bonchev–Trinajstić information content (AvgIpc) is 2.45. The second kappa shape index (κ2) is 6.48. The Balaban J connectivity index is 2.78. The standard InChI is InChI=1S/C19H23ClFNO/c1-11(2)13-8-14(17(23-6)9-16(13)21)18-15(19(3,4)5)7-12(20)10-22-18/h7-11H,1-6H3. The van der Waals surface area contributed by atoms with Gasteiger partial charge in [0.1, 0.15) is 11.6 Å². The number of ether oxygens (including phenoxy) is 1. The summed E-state index contributed by atoms with van der Waals surface area (Å²) in [6.07, 6.45) is 1.62. The first-order valence-electron chi connectivity index (χ1n) is 7.69. The van der Waals surface area contributed by atoms with Gasteiger partial charge in [-0.2, -0.15) is 0 Å². The van der Waals surface area contributed by atoms with E-state index in [0.29, 0.717) is 16.3 Å². The molecule has 0 saturated carbocycles. The number of benzene rings is 1. The molecule has 0 amide bonds. The van der Waals surface area contributed by atoms with Crippen LogP contribution in [-0.2, 0) is 5.41 Å². The molecule has 0 aliphatic carbocycles. The summed E-state index contributed by atoms with van der Waals surface area (Å²) >= 11 is 6.14. The van der Waals surface area contributed by atoms with Crippen molar-refractivity contribution in [3.63, 3.8) is 0 Å². The maximum atomic E-state index is 14.3. The summed E-state index contributed by atoms with van der Waals surface area (Å²) in [5, 5.41) is 0.587. The number of methoxy groups -OCH3 is 1. The van der Waals surface area contributed by atoms with Crippen molar-refractivity contribution in [2.75, 3.05) is 7.11 Å². The monoisotopic (exact) mass is 335 g/mol. The molecule has 1 aromatic heterocycles. The highest BCUT2D eigenvalue weighted by Gasteiger charge is 2.24. The minimum Gasteiger partial charge on any atom is -0.496 e. The molecule has 0 aliphatic rings. The van der Waals surface area contributed by atoms with E-state index in [1.807, 2.05) is 26.0 Å². The van der Waals surface area contributed by atoms with Crippen LogP contribution in [0.4, 0.5) is 4.39 Å². The van der Waals surface area contributed by atoms with E-state index < -0.39 is 0 Å². The lowest BCUT2D eigenvalue weighted by atomic mass is 9.83. The van der Waals surface area contributed by atoms with Crippen molar-refractivity contribution in [2.24, 2.45) is 0 Å². The molecule has 0 radical (unpaired) electrons. The summed E-state index contributed by atoms with van der Waals surface area (Å²) < 4.78 is 19.7. The van der Waals surface area contributed by atoms with Gasteiger partial charge in [0.05, 0.1) is 17.8 Å². The highest BCUT2D eigenvalue weighted by Crippen LogP contribution is 2.39.